The van der Waals surface area contributed by atoms with Crippen molar-refractivity contribution in [2.24, 2.45) is 0 Å². The number of hydrogen-bond acceptors (Lipinski definition) is 3. The van der Waals surface area contributed by atoms with Crippen molar-refractivity contribution in [2.45, 2.75) is 19.5 Å². The Bertz CT molecular complexity index is 627. The second-order valence-corrected chi connectivity index (χ2v) is 4.56. The van der Waals surface area contributed by atoms with Crippen molar-refractivity contribution in [3.8, 4) is 0 Å². The molecule has 3 heterocycles. The van der Waals surface area contributed by atoms with Gasteiger partial charge in [0, 0.05) is 31.2 Å². The lowest BCUT2D eigenvalue weighted by Crippen LogP contribution is -2.19. The number of nitrogens with one attached hydrogen (secondary N) is 1. The second-order valence-electron chi connectivity index (χ2n) is 4.56. The van der Waals surface area contributed by atoms with Gasteiger partial charge in [-0.1, -0.05) is 12.1 Å². The van der Waals surface area contributed by atoms with Gasteiger partial charge in [0.2, 0.25) is 0 Å². The van der Waals surface area contributed by atoms with Gasteiger partial charge in [-0.05, 0) is 31.2 Å². The van der Waals surface area contributed by atoms with Gasteiger partial charge < -0.3 is 9.72 Å². The minimum Gasteiger partial charge on any atom is -0.307 e. The van der Waals surface area contributed by atoms with E-state index in [4.69, 9.17) is 0 Å². The molecule has 3 aromatic heterocycles. The van der Waals surface area contributed by atoms with E-state index in [9.17, 15) is 0 Å². The van der Waals surface area contributed by atoms with E-state index in [1.54, 1.807) is 0 Å². The Labute approximate surface area is 112 Å². The molecular weight excluding hydrogens is 236 g/mol. The molecule has 0 aliphatic heterocycles. The van der Waals surface area contributed by atoms with Crippen LogP contribution < -0.4 is 5.32 Å². The smallest absolute Gasteiger partial charge is 0.137 e. The molecule has 0 fully saturated rings. The molecule has 1 N–H and O–H groups in total. The average molecular weight is 252 g/mol. The summed E-state index contributed by atoms with van der Waals surface area (Å²) < 4.78 is 2.03. The monoisotopic (exact) mass is 252 g/mol. The third-order valence-electron chi connectivity index (χ3n) is 3.13. The quantitative estimate of drug-likeness (QED) is 0.776. The highest BCUT2D eigenvalue weighted by molar-refractivity contribution is 5.39. The van der Waals surface area contributed by atoms with E-state index in [-0.39, 0.29) is 6.04 Å². The zero-order chi connectivity index (χ0) is 13.1. The fourth-order valence-corrected chi connectivity index (χ4v) is 2.07. The maximum atomic E-state index is 4.56. The van der Waals surface area contributed by atoms with Crippen LogP contribution in [0.4, 0.5) is 0 Å². The molecule has 0 aliphatic carbocycles. The highest BCUT2D eigenvalue weighted by Gasteiger charge is 2.07. The first-order valence-electron chi connectivity index (χ1n) is 6.40. The van der Waals surface area contributed by atoms with Crippen LogP contribution in [0.1, 0.15) is 24.4 Å². The number of pyridine rings is 2. The maximum Gasteiger partial charge on any atom is 0.137 e. The van der Waals surface area contributed by atoms with Crippen LogP contribution >= 0.6 is 0 Å². The SMILES string of the molecule is C[C@H](NCc1cn2ccccc2n1)c1ccccn1. The fraction of sp³-hybridized carbons (Fsp3) is 0.200. The third-order valence-corrected chi connectivity index (χ3v) is 3.13. The second kappa shape index (κ2) is 5.20. The fourth-order valence-electron chi connectivity index (χ4n) is 2.07. The summed E-state index contributed by atoms with van der Waals surface area (Å²) in [6.07, 6.45) is 5.87. The lowest BCUT2D eigenvalue weighted by molar-refractivity contribution is 0.556. The van der Waals surface area contributed by atoms with E-state index in [1.165, 1.54) is 0 Å². The van der Waals surface area contributed by atoms with E-state index >= 15 is 0 Å². The standard InChI is InChI=1S/C15H16N4/c1-12(14-6-2-4-8-16-14)17-10-13-11-19-9-5-3-7-15(19)18-13/h2-9,11-12,17H,10H2,1H3/t12-/m0/s1. The van der Waals surface area contributed by atoms with Gasteiger partial charge in [0.05, 0.1) is 11.4 Å². The molecule has 0 aliphatic rings. The predicted octanol–water partition coefficient (Wildman–Crippen LogP) is 2.58. The number of rotatable bonds is 4. The Balaban J connectivity index is 1.69. The molecule has 0 unspecified atom stereocenters. The van der Waals surface area contributed by atoms with Crippen LogP contribution in [-0.2, 0) is 6.54 Å². The van der Waals surface area contributed by atoms with Crippen LogP contribution in [0.15, 0.2) is 55.0 Å². The first kappa shape index (κ1) is 11.9. The highest BCUT2D eigenvalue weighted by atomic mass is 15.0. The Morgan fingerprint density at radius 1 is 1.21 bits per heavy atom. The number of nitrogens with zero attached hydrogens (tertiary/aromatic N) is 3. The zero-order valence-electron chi connectivity index (χ0n) is 10.8. The van der Waals surface area contributed by atoms with Crippen molar-refractivity contribution in [2.75, 3.05) is 0 Å². The van der Waals surface area contributed by atoms with E-state index in [1.807, 2.05) is 59.4 Å². The summed E-state index contributed by atoms with van der Waals surface area (Å²) in [5.41, 5.74) is 3.06. The van der Waals surface area contributed by atoms with E-state index < -0.39 is 0 Å². The third kappa shape index (κ3) is 2.63. The summed E-state index contributed by atoms with van der Waals surface area (Å²) >= 11 is 0. The molecule has 0 aromatic carbocycles. The lowest BCUT2D eigenvalue weighted by Gasteiger charge is -2.11. The minimum absolute atomic E-state index is 0.214. The van der Waals surface area contributed by atoms with Crippen molar-refractivity contribution in [3.05, 3.63) is 66.4 Å². The van der Waals surface area contributed by atoms with Crippen molar-refractivity contribution >= 4 is 5.65 Å². The maximum absolute atomic E-state index is 4.56. The predicted molar refractivity (Wildman–Crippen MR) is 74.7 cm³/mol. The molecular formula is C15H16N4. The van der Waals surface area contributed by atoms with Gasteiger partial charge in [-0.2, -0.15) is 0 Å². The zero-order valence-corrected chi connectivity index (χ0v) is 10.8. The van der Waals surface area contributed by atoms with Gasteiger partial charge in [0.1, 0.15) is 5.65 Å². The van der Waals surface area contributed by atoms with Gasteiger partial charge in [-0.3, -0.25) is 4.98 Å². The Hall–Kier alpha value is -2.20. The van der Waals surface area contributed by atoms with Crippen molar-refractivity contribution in [1.82, 2.24) is 19.7 Å². The van der Waals surface area contributed by atoms with Crippen molar-refractivity contribution in [1.29, 1.82) is 0 Å². The number of imidazole rings is 1. The Morgan fingerprint density at radius 3 is 2.89 bits per heavy atom. The van der Waals surface area contributed by atoms with Crippen LogP contribution in [0.25, 0.3) is 5.65 Å². The minimum atomic E-state index is 0.214. The average Bonchev–Trinajstić information content (AvgIpc) is 2.88. The van der Waals surface area contributed by atoms with E-state index in [0.29, 0.717) is 0 Å². The molecule has 19 heavy (non-hydrogen) atoms. The number of fused-ring (bicyclic) bond motifs is 1. The van der Waals surface area contributed by atoms with Crippen LogP contribution in [0.2, 0.25) is 0 Å². The molecule has 4 heteroatoms. The van der Waals surface area contributed by atoms with Gasteiger partial charge in [0.25, 0.3) is 0 Å². The van der Waals surface area contributed by atoms with Gasteiger partial charge in [0.15, 0.2) is 0 Å². The molecule has 0 saturated heterocycles. The van der Waals surface area contributed by atoms with Crippen molar-refractivity contribution in [3.63, 3.8) is 0 Å². The van der Waals surface area contributed by atoms with E-state index in [0.717, 1.165) is 23.6 Å². The molecule has 0 bridgehead atoms. The molecule has 1 atom stereocenters. The molecule has 0 radical (unpaired) electrons. The lowest BCUT2D eigenvalue weighted by atomic mass is 10.2. The Morgan fingerprint density at radius 2 is 2.11 bits per heavy atom. The van der Waals surface area contributed by atoms with Crippen LogP contribution in [0.5, 0.6) is 0 Å². The summed E-state index contributed by atoms with van der Waals surface area (Å²) in [6.45, 7) is 2.84. The summed E-state index contributed by atoms with van der Waals surface area (Å²) in [7, 11) is 0. The Kier molecular flexibility index (Phi) is 3.25. The topological polar surface area (TPSA) is 42.2 Å². The van der Waals surface area contributed by atoms with Crippen LogP contribution in [-0.4, -0.2) is 14.4 Å². The van der Waals surface area contributed by atoms with Gasteiger partial charge in [-0.25, -0.2) is 4.98 Å². The van der Waals surface area contributed by atoms with Crippen LogP contribution in [0, 0.1) is 0 Å². The number of aromatic nitrogens is 3. The van der Waals surface area contributed by atoms with Gasteiger partial charge in [-0.15, -0.1) is 0 Å². The summed E-state index contributed by atoms with van der Waals surface area (Å²) in [6, 6.07) is 12.2. The van der Waals surface area contributed by atoms with Crippen molar-refractivity contribution < 1.29 is 0 Å². The molecule has 96 valence electrons. The summed E-state index contributed by atoms with van der Waals surface area (Å²) in [5.74, 6) is 0. The molecule has 4 nitrogen and oxygen atoms in total. The van der Waals surface area contributed by atoms with Crippen LogP contribution in [0.3, 0.4) is 0 Å². The molecule has 3 aromatic rings. The normalized spacial score (nSPS) is 12.7. The molecule has 0 amide bonds. The number of hydrogen-bond donors (Lipinski definition) is 1. The highest BCUT2D eigenvalue weighted by Crippen LogP contribution is 2.10. The molecule has 0 saturated carbocycles. The molecule has 0 spiro atoms. The summed E-state index contributed by atoms with van der Waals surface area (Å²) in [4.78, 5) is 8.90. The molecule has 3 rings (SSSR count). The van der Waals surface area contributed by atoms with Gasteiger partial charge >= 0.3 is 0 Å². The van der Waals surface area contributed by atoms with E-state index in [2.05, 4.69) is 22.2 Å². The first-order chi connectivity index (χ1) is 9.33. The first-order valence-corrected chi connectivity index (χ1v) is 6.40. The summed E-state index contributed by atoms with van der Waals surface area (Å²) in [5, 5.41) is 3.44. The largest absolute Gasteiger partial charge is 0.307 e.